The SMILES string of the molecule is C=C/N=C\c1c(C)n(-c2ccc(-c3c4ccccc4c(-c4ccccc4)c4ccccc34)c3ccccc23)c2ccc(-c3ccccc3)cc12. The van der Waals surface area contributed by atoms with E-state index in [2.05, 4.69) is 187 Å². The highest BCUT2D eigenvalue weighted by Crippen LogP contribution is 2.46. The van der Waals surface area contributed by atoms with Crippen molar-refractivity contribution in [2.75, 3.05) is 0 Å². The molecule has 50 heavy (non-hydrogen) atoms. The summed E-state index contributed by atoms with van der Waals surface area (Å²) in [7, 11) is 0. The van der Waals surface area contributed by atoms with Crippen molar-refractivity contribution >= 4 is 49.4 Å². The van der Waals surface area contributed by atoms with Crippen LogP contribution < -0.4 is 0 Å². The van der Waals surface area contributed by atoms with Gasteiger partial charge in [0.1, 0.15) is 0 Å². The third kappa shape index (κ3) is 4.69. The number of hydrogen-bond donors (Lipinski definition) is 0. The van der Waals surface area contributed by atoms with Gasteiger partial charge in [0, 0.05) is 34.4 Å². The van der Waals surface area contributed by atoms with Gasteiger partial charge in [0.15, 0.2) is 0 Å². The van der Waals surface area contributed by atoms with Crippen molar-refractivity contribution in [2.24, 2.45) is 4.99 Å². The summed E-state index contributed by atoms with van der Waals surface area (Å²) in [6.07, 6.45) is 3.55. The summed E-state index contributed by atoms with van der Waals surface area (Å²) < 4.78 is 2.40. The van der Waals surface area contributed by atoms with Crippen molar-refractivity contribution in [3.63, 3.8) is 0 Å². The lowest BCUT2D eigenvalue weighted by Crippen LogP contribution is -2.00. The lowest BCUT2D eigenvalue weighted by Gasteiger charge is -2.20. The number of fused-ring (bicyclic) bond motifs is 4. The molecule has 0 aliphatic heterocycles. The second-order valence-corrected chi connectivity index (χ2v) is 12.8. The molecule has 2 nitrogen and oxygen atoms in total. The van der Waals surface area contributed by atoms with Crippen molar-refractivity contribution in [3.8, 4) is 39.1 Å². The maximum absolute atomic E-state index is 4.49. The van der Waals surface area contributed by atoms with Gasteiger partial charge >= 0.3 is 0 Å². The van der Waals surface area contributed by atoms with E-state index in [1.54, 1.807) is 6.20 Å². The molecule has 0 radical (unpaired) electrons. The molecule has 1 aromatic heterocycles. The Morgan fingerprint density at radius 3 is 1.64 bits per heavy atom. The monoisotopic (exact) mass is 638 g/mol. The van der Waals surface area contributed by atoms with E-state index >= 15 is 0 Å². The van der Waals surface area contributed by atoms with Gasteiger partial charge in [-0.15, -0.1) is 0 Å². The third-order valence-corrected chi connectivity index (χ3v) is 10.1. The van der Waals surface area contributed by atoms with Gasteiger partial charge in [-0.3, -0.25) is 4.99 Å². The Kier molecular flexibility index (Phi) is 7.21. The van der Waals surface area contributed by atoms with Gasteiger partial charge in [0.25, 0.3) is 0 Å². The Hall–Kier alpha value is -6.51. The first-order valence-corrected chi connectivity index (χ1v) is 17.1. The summed E-state index contributed by atoms with van der Waals surface area (Å²) in [5.74, 6) is 0. The van der Waals surface area contributed by atoms with Gasteiger partial charge in [-0.25, -0.2) is 0 Å². The highest BCUT2D eigenvalue weighted by Gasteiger charge is 2.21. The van der Waals surface area contributed by atoms with Gasteiger partial charge < -0.3 is 4.57 Å². The molecule has 9 rings (SSSR count). The van der Waals surface area contributed by atoms with Crippen LogP contribution in [0.5, 0.6) is 0 Å². The molecule has 0 aliphatic rings. The minimum absolute atomic E-state index is 1.10. The second-order valence-electron chi connectivity index (χ2n) is 12.8. The van der Waals surface area contributed by atoms with E-state index in [1.165, 1.54) is 65.7 Å². The average Bonchev–Trinajstić information content (AvgIpc) is 3.46. The molecule has 2 heteroatoms. The maximum atomic E-state index is 4.49. The number of hydrogen-bond acceptors (Lipinski definition) is 1. The van der Waals surface area contributed by atoms with Crippen molar-refractivity contribution < 1.29 is 0 Å². The van der Waals surface area contributed by atoms with Gasteiger partial charge in [-0.2, -0.15) is 0 Å². The highest BCUT2D eigenvalue weighted by molar-refractivity contribution is 6.24. The van der Waals surface area contributed by atoms with E-state index in [0.29, 0.717) is 0 Å². The minimum Gasteiger partial charge on any atom is -0.313 e. The largest absolute Gasteiger partial charge is 0.313 e. The molecule has 0 atom stereocenters. The van der Waals surface area contributed by atoms with Crippen LogP contribution in [0, 0.1) is 6.92 Å². The summed E-state index contributed by atoms with van der Waals surface area (Å²) in [5, 5.41) is 8.60. The van der Waals surface area contributed by atoms with E-state index in [9.17, 15) is 0 Å². The summed E-state index contributed by atoms with van der Waals surface area (Å²) in [6.45, 7) is 6.05. The normalized spacial score (nSPS) is 11.7. The molecule has 9 aromatic rings. The molecule has 0 unspecified atom stereocenters. The van der Waals surface area contributed by atoms with Gasteiger partial charge in [-0.05, 0) is 85.4 Å². The predicted molar refractivity (Wildman–Crippen MR) is 215 cm³/mol. The molecule has 0 N–H and O–H groups in total. The summed E-state index contributed by atoms with van der Waals surface area (Å²) >= 11 is 0. The predicted octanol–water partition coefficient (Wildman–Crippen LogP) is 13.0. The lowest BCUT2D eigenvalue weighted by molar-refractivity contribution is 1.06. The van der Waals surface area contributed by atoms with Crippen LogP contribution in [0.2, 0.25) is 0 Å². The van der Waals surface area contributed by atoms with E-state index in [0.717, 1.165) is 27.8 Å². The second kappa shape index (κ2) is 12.2. The Morgan fingerprint density at radius 1 is 0.480 bits per heavy atom. The lowest BCUT2D eigenvalue weighted by atomic mass is 9.84. The Balaban J connectivity index is 1.33. The zero-order valence-electron chi connectivity index (χ0n) is 27.8. The molecule has 0 saturated carbocycles. The van der Waals surface area contributed by atoms with E-state index in [1.807, 2.05) is 6.21 Å². The molecular weight excluding hydrogens is 605 g/mol. The number of rotatable bonds is 6. The number of benzene rings is 8. The zero-order valence-corrected chi connectivity index (χ0v) is 27.8. The van der Waals surface area contributed by atoms with Crippen molar-refractivity contribution in [1.29, 1.82) is 0 Å². The molecule has 0 bridgehead atoms. The van der Waals surface area contributed by atoms with Crippen LogP contribution in [-0.4, -0.2) is 10.8 Å². The van der Waals surface area contributed by atoms with Crippen molar-refractivity contribution in [2.45, 2.75) is 6.92 Å². The van der Waals surface area contributed by atoms with Gasteiger partial charge in [0.05, 0.1) is 11.2 Å². The highest BCUT2D eigenvalue weighted by atomic mass is 15.0. The van der Waals surface area contributed by atoms with Crippen LogP contribution in [-0.2, 0) is 0 Å². The Morgan fingerprint density at radius 2 is 1.02 bits per heavy atom. The molecule has 0 saturated heterocycles. The summed E-state index contributed by atoms with van der Waals surface area (Å²) in [6, 6.07) is 59.4. The van der Waals surface area contributed by atoms with Crippen LogP contribution in [0.4, 0.5) is 0 Å². The van der Waals surface area contributed by atoms with Crippen LogP contribution in [0.1, 0.15) is 11.3 Å². The van der Waals surface area contributed by atoms with Crippen LogP contribution in [0.3, 0.4) is 0 Å². The van der Waals surface area contributed by atoms with Crippen molar-refractivity contribution in [1.82, 2.24) is 4.57 Å². The van der Waals surface area contributed by atoms with E-state index in [4.69, 9.17) is 0 Å². The maximum Gasteiger partial charge on any atom is 0.0538 e. The fourth-order valence-corrected chi connectivity index (χ4v) is 7.88. The molecule has 0 spiro atoms. The minimum atomic E-state index is 1.10. The molecular formula is C48H34N2. The zero-order chi connectivity index (χ0) is 33.6. The third-order valence-electron chi connectivity index (χ3n) is 10.1. The quantitative estimate of drug-likeness (QED) is 0.127. The molecule has 0 fully saturated rings. The molecule has 1 heterocycles. The number of nitrogens with zero attached hydrogens (tertiary/aromatic N) is 2. The van der Waals surface area contributed by atoms with Crippen LogP contribution >= 0.6 is 0 Å². The molecule has 8 aromatic carbocycles. The summed E-state index contributed by atoms with van der Waals surface area (Å²) in [5.41, 5.74) is 11.9. The van der Waals surface area contributed by atoms with Crippen LogP contribution in [0.25, 0.3) is 82.3 Å². The fraction of sp³-hybridized carbons (Fsp3) is 0.0208. The molecule has 236 valence electrons. The average molecular weight is 639 g/mol. The first-order chi connectivity index (χ1) is 24.7. The smallest absolute Gasteiger partial charge is 0.0538 e. The van der Waals surface area contributed by atoms with E-state index in [-0.39, 0.29) is 0 Å². The number of aromatic nitrogens is 1. The van der Waals surface area contributed by atoms with E-state index < -0.39 is 0 Å². The van der Waals surface area contributed by atoms with Crippen LogP contribution in [0.15, 0.2) is 182 Å². The summed E-state index contributed by atoms with van der Waals surface area (Å²) in [4.78, 5) is 4.49. The Bertz CT molecular complexity index is 2710. The first-order valence-electron chi connectivity index (χ1n) is 17.1. The Labute approximate surface area is 291 Å². The van der Waals surface area contributed by atoms with Crippen molar-refractivity contribution in [3.05, 3.63) is 188 Å². The fourth-order valence-electron chi connectivity index (χ4n) is 7.88. The number of aliphatic imine (C=N–C) groups is 1. The standard InChI is InChI=1S/C48H34N2/c1-3-49-31-44-32(2)50(46-28-26-35(30-43(44)46)33-16-6-4-7-17-33)45-29-27-42(36-20-10-11-21-37(36)45)48-40-24-14-12-22-38(40)47(34-18-8-5-9-19-34)39-23-13-15-25-41(39)48/h3-31H,1H2,2H3/b49-31-. The molecule has 0 aliphatic carbocycles. The van der Waals surface area contributed by atoms with Gasteiger partial charge in [-0.1, -0.05) is 152 Å². The van der Waals surface area contributed by atoms with Gasteiger partial charge in [0.2, 0.25) is 0 Å². The first kappa shape index (κ1) is 29.6. The topological polar surface area (TPSA) is 17.3 Å². The molecule has 0 amide bonds.